The van der Waals surface area contributed by atoms with E-state index in [0.717, 1.165) is 0 Å². The zero-order valence-corrected chi connectivity index (χ0v) is 28.5. The van der Waals surface area contributed by atoms with Gasteiger partial charge in [-0.25, -0.2) is 0 Å². The molecule has 0 saturated carbocycles. The number of hydrogen-bond acceptors (Lipinski definition) is 3. The van der Waals surface area contributed by atoms with Crippen molar-refractivity contribution in [2.75, 3.05) is 19.6 Å². The van der Waals surface area contributed by atoms with E-state index in [4.69, 9.17) is 15.3 Å². The topological polar surface area (TPSA) is 70.6 Å². The van der Waals surface area contributed by atoms with Gasteiger partial charge in [0.15, 0.2) is 0 Å². The van der Waals surface area contributed by atoms with Crippen LogP contribution in [0.4, 0.5) is 0 Å². The predicted molar refractivity (Wildman–Crippen MR) is 181 cm³/mol. The molecule has 0 aliphatic heterocycles. The Morgan fingerprint density at radius 2 is 0.488 bits per heavy atom. The summed E-state index contributed by atoms with van der Waals surface area (Å²) < 4.78 is 0. The lowest BCUT2D eigenvalue weighted by Crippen LogP contribution is -3.12. The zero-order chi connectivity index (χ0) is 30.5. The van der Waals surface area contributed by atoms with Crippen LogP contribution in [0.1, 0.15) is 213 Å². The molecule has 0 bridgehead atoms. The molecule has 0 heterocycles. The quantitative estimate of drug-likeness (QED) is 0.0473. The summed E-state index contributed by atoms with van der Waals surface area (Å²) in [7, 11) is 0. The highest BCUT2D eigenvalue weighted by Gasteiger charge is 2.08. The molecule has 0 aromatic heterocycles. The Hall–Kier alpha value is -0.840. The molecule has 0 aromatic carbocycles. The SMILES string of the molecule is CCCCCCCCCCCC[NH+](CCCCCCCCCCCC)CCCCCCCCCCCC.O=[N+]([O-])[O-]. The van der Waals surface area contributed by atoms with E-state index >= 15 is 0 Å². The third-order valence-electron chi connectivity index (χ3n) is 8.65. The molecule has 0 fully saturated rings. The summed E-state index contributed by atoms with van der Waals surface area (Å²) >= 11 is 0. The molecule has 0 radical (unpaired) electrons. The molecule has 0 unspecified atom stereocenters. The Balaban J connectivity index is 0. The van der Waals surface area contributed by atoms with Gasteiger partial charge in [0, 0.05) is 0 Å². The lowest BCUT2D eigenvalue weighted by Gasteiger charge is -2.20. The monoisotopic (exact) mass is 585 g/mol. The smallest absolute Gasteiger partial charge is 0.0770 e. The second-order valence-corrected chi connectivity index (χ2v) is 12.8. The summed E-state index contributed by atoms with van der Waals surface area (Å²) in [4.78, 5) is 10.2. The van der Waals surface area contributed by atoms with Gasteiger partial charge in [0.25, 0.3) is 0 Å². The summed E-state index contributed by atoms with van der Waals surface area (Å²) in [5.41, 5.74) is 0. The van der Waals surface area contributed by atoms with E-state index in [9.17, 15) is 0 Å². The maximum atomic E-state index is 8.25. The van der Waals surface area contributed by atoms with Crippen molar-refractivity contribution in [1.82, 2.24) is 0 Å². The van der Waals surface area contributed by atoms with Crippen molar-refractivity contribution in [2.45, 2.75) is 213 Å². The lowest BCUT2D eigenvalue weighted by atomic mass is 10.1. The number of hydrogen-bond donors (Lipinski definition) is 1. The van der Waals surface area contributed by atoms with E-state index in [1.54, 1.807) is 0 Å². The first kappa shape index (κ1) is 42.3. The first-order valence-electron chi connectivity index (χ1n) is 18.7. The Bertz CT molecular complexity index is 415. The zero-order valence-electron chi connectivity index (χ0n) is 28.5. The van der Waals surface area contributed by atoms with Crippen LogP contribution in [0, 0.1) is 15.3 Å². The van der Waals surface area contributed by atoms with Gasteiger partial charge in [0.2, 0.25) is 0 Å². The highest BCUT2D eigenvalue weighted by Crippen LogP contribution is 2.12. The van der Waals surface area contributed by atoms with Gasteiger partial charge in [-0.05, 0) is 38.5 Å². The van der Waals surface area contributed by atoms with Gasteiger partial charge < -0.3 is 20.2 Å². The summed E-state index contributed by atoms with van der Waals surface area (Å²) in [5, 5.41) is 14.8. The number of unbranched alkanes of at least 4 members (excludes halogenated alkanes) is 27. The van der Waals surface area contributed by atoms with Crippen molar-refractivity contribution in [2.24, 2.45) is 0 Å². The number of rotatable bonds is 33. The van der Waals surface area contributed by atoms with Crippen molar-refractivity contribution in [3.05, 3.63) is 15.3 Å². The van der Waals surface area contributed by atoms with Crippen molar-refractivity contribution >= 4 is 0 Å². The van der Waals surface area contributed by atoms with Gasteiger partial charge in [-0.15, -0.1) is 0 Å². The molecule has 5 heteroatoms. The van der Waals surface area contributed by atoms with E-state index in [2.05, 4.69) is 20.8 Å². The summed E-state index contributed by atoms with van der Waals surface area (Å²) in [6.45, 7) is 11.3. The summed E-state index contributed by atoms with van der Waals surface area (Å²) in [5.74, 6) is 0. The standard InChI is InChI=1S/C36H75N.NO3/c1-4-7-10-13-16-19-22-25-28-31-34-37(35-32-29-26-23-20-17-14-11-8-5-2)36-33-30-27-24-21-18-15-12-9-6-3;2-1(3)4/h4-36H2,1-3H3;/q;-1/p+1. The molecule has 0 spiro atoms. The molecule has 0 aromatic rings. The third-order valence-corrected chi connectivity index (χ3v) is 8.65. The average molecular weight is 585 g/mol. The first-order chi connectivity index (χ1) is 20.1. The predicted octanol–water partition coefficient (Wildman–Crippen LogP) is 11.4. The van der Waals surface area contributed by atoms with Crippen LogP contribution in [0.3, 0.4) is 0 Å². The highest BCUT2D eigenvalue weighted by atomic mass is 16.9. The van der Waals surface area contributed by atoms with Gasteiger partial charge in [-0.1, -0.05) is 175 Å². The minimum atomic E-state index is -1.75. The fourth-order valence-corrected chi connectivity index (χ4v) is 5.96. The first-order valence-corrected chi connectivity index (χ1v) is 18.7. The second kappa shape index (κ2) is 39.2. The van der Waals surface area contributed by atoms with Crippen LogP contribution in [0.2, 0.25) is 0 Å². The van der Waals surface area contributed by atoms with Crippen LogP contribution in [-0.2, 0) is 0 Å². The average Bonchev–Trinajstić information content (AvgIpc) is 2.95. The van der Waals surface area contributed by atoms with Crippen LogP contribution in [0.25, 0.3) is 0 Å². The lowest BCUT2D eigenvalue weighted by molar-refractivity contribution is -0.900. The van der Waals surface area contributed by atoms with Gasteiger partial charge >= 0.3 is 0 Å². The molecule has 5 nitrogen and oxygen atoms in total. The number of nitrogens with one attached hydrogen (secondary N) is 1. The van der Waals surface area contributed by atoms with Crippen molar-refractivity contribution < 1.29 is 9.99 Å². The molecular weight excluding hydrogens is 508 g/mol. The second-order valence-electron chi connectivity index (χ2n) is 12.8. The molecule has 0 aliphatic rings. The number of nitrogens with zero attached hydrogens (tertiary/aromatic N) is 1. The van der Waals surface area contributed by atoms with Gasteiger partial charge in [0.1, 0.15) is 0 Å². The van der Waals surface area contributed by atoms with Crippen LogP contribution in [0.5, 0.6) is 0 Å². The van der Waals surface area contributed by atoms with Crippen molar-refractivity contribution in [3.8, 4) is 0 Å². The van der Waals surface area contributed by atoms with Gasteiger partial charge in [-0.2, -0.15) is 0 Å². The molecule has 0 saturated heterocycles. The largest absolute Gasteiger partial charge is 0.356 e. The number of quaternary nitrogens is 1. The van der Waals surface area contributed by atoms with E-state index in [1.807, 2.05) is 4.90 Å². The highest BCUT2D eigenvalue weighted by molar-refractivity contribution is 4.51. The Morgan fingerprint density at radius 3 is 0.659 bits per heavy atom. The normalized spacial score (nSPS) is 11.1. The molecule has 1 N–H and O–H groups in total. The minimum Gasteiger partial charge on any atom is -0.356 e. The fourth-order valence-electron chi connectivity index (χ4n) is 5.96. The molecule has 41 heavy (non-hydrogen) atoms. The van der Waals surface area contributed by atoms with Crippen LogP contribution >= 0.6 is 0 Å². The Kier molecular flexibility index (Phi) is 40.4. The van der Waals surface area contributed by atoms with E-state index in [0.29, 0.717) is 0 Å². The molecule has 0 rings (SSSR count). The van der Waals surface area contributed by atoms with Crippen LogP contribution in [0.15, 0.2) is 0 Å². The van der Waals surface area contributed by atoms with Gasteiger partial charge in [-0.3, -0.25) is 0 Å². The summed E-state index contributed by atoms with van der Waals surface area (Å²) in [6.07, 6.45) is 43.9. The van der Waals surface area contributed by atoms with E-state index in [-0.39, 0.29) is 0 Å². The maximum absolute atomic E-state index is 8.25. The van der Waals surface area contributed by atoms with Crippen molar-refractivity contribution in [1.29, 1.82) is 0 Å². The Morgan fingerprint density at radius 1 is 0.341 bits per heavy atom. The molecule has 0 aliphatic carbocycles. The van der Waals surface area contributed by atoms with Crippen LogP contribution < -0.4 is 4.90 Å². The molecule has 0 atom stereocenters. The maximum Gasteiger partial charge on any atom is 0.0770 e. The van der Waals surface area contributed by atoms with E-state index < -0.39 is 5.09 Å². The third kappa shape index (κ3) is 43.7. The molecule has 248 valence electrons. The van der Waals surface area contributed by atoms with Crippen molar-refractivity contribution in [3.63, 3.8) is 0 Å². The van der Waals surface area contributed by atoms with Crippen LogP contribution in [-0.4, -0.2) is 24.7 Å². The van der Waals surface area contributed by atoms with Gasteiger partial charge in [0.05, 0.1) is 24.7 Å². The van der Waals surface area contributed by atoms with E-state index in [1.165, 1.54) is 212 Å². The molecule has 0 amide bonds. The Labute approximate surface area is 258 Å². The summed E-state index contributed by atoms with van der Waals surface area (Å²) in [6, 6.07) is 0. The fraction of sp³-hybridized carbons (Fsp3) is 1.00. The molecular formula is C36H76N2O3. The minimum absolute atomic E-state index is 1.37.